The molecule has 0 saturated heterocycles. The minimum Gasteiger partial charge on any atom is -0.454 e. The Kier molecular flexibility index (Phi) is 2.41. The van der Waals surface area contributed by atoms with Gasteiger partial charge in [0.2, 0.25) is 12.7 Å². The number of hydrogen-bond donors (Lipinski definition) is 1. The van der Waals surface area contributed by atoms with Crippen molar-refractivity contribution < 1.29 is 14.0 Å². The van der Waals surface area contributed by atoms with Gasteiger partial charge in [-0.3, -0.25) is 0 Å². The van der Waals surface area contributed by atoms with Crippen molar-refractivity contribution in [3.8, 4) is 34.1 Å². The summed E-state index contributed by atoms with van der Waals surface area (Å²) >= 11 is 0. The zero-order valence-electron chi connectivity index (χ0n) is 11.2. The van der Waals surface area contributed by atoms with Gasteiger partial charge in [-0.1, -0.05) is 11.2 Å². The van der Waals surface area contributed by atoms with Crippen molar-refractivity contribution in [1.29, 1.82) is 0 Å². The Hall–Kier alpha value is -2.96. The predicted molar refractivity (Wildman–Crippen MR) is 74.7 cm³/mol. The quantitative estimate of drug-likeness (QED) is 0.774. The molecule has 0 saturated carbocycles. The summed E-state index contributed by atoms with van der Waals surface area (Å²) in [6.45, 7) is 0.226. The number of benzene rings is 1. The first kappa shape index (κ1) is 11.8. The number of ether oxygens (including phenoxy) is 2. The number of fused-ring (bicyclic) bond motifs is 1. The minimum atomic E-state index is 0.226. The lowest BCUT2D eigenvalue weighted by molar-refractivity contribution is 0.174. The molecule has 0 bridgehead atoms. The largest absolute Gasteiger partial charge is 0.454 e. The fraction of sp³-hybridized carbons (Fsp3) is 0.143. The average Bonchev–Trinajstić information content (AvgIpc) is 3.17. The third-order valence-corrected chi connectivity index (χ3v) is 3.41. The van der Waals surface area contributed by atoms with Gasteiger partial charge < -0.3 is 24.3 Å². The van der Waals surface area contributed by atoms with Gasteiger partial charge in [0.15, 0.2) is 23.0 Å². The van der Waals surface area contributed by atoms with E-state index >= 15 is 0 Å². The summed E-state index contributed by atoms with van der Waals surface area (Å²) in [6.07, 6.45) is 3.53. The van der Waals surface area contributed by atoms with Gasteiger partial charge in [-0.05, 0) is 17.7 Å². The van der Waals surface area contributed by atoms with Crippen LogP contribution in [0.15, 0.2) is 35.1 Å². The first-order chi connectivity index (χ1) is 10.2. The number of rotatable bonds is 2. The summed E-state index contributed by atoms with van der Waals surface area (Å²) in [5.41, 5.74) is 8.07. The number of nitrogen functional groups attached to an aromatic ring is 1. The number of imidazole rings is 1. The van der Waals surface area contributed by atoms with Crippen molar-refractivity contribution in [1.82, 2.24) is 14.7 Å². The highest BCUT2D eigenvalue weighted by Gasteiger charge is 2.22. The maximum atomic E-state index is 5.94. The van der Waals surface area contributed by atoms with Crippen LogP contribution < -0.4 is 15.2 Å². The van der Waals surface area contributed by atoms with Gasteiger partial charge in [-0.25, -0.2) is 4.98 Å². The Labute approximate surface area is 119 Å². The van der Waals surface area contributed by atoms with E-state index in [9.17, 15) is 0 Å². The third kappa shape index (κ3) is 1.74. The Balaban J connectivity index is 1.89. The van der Waals surface area contributed by atoms with Crippen molar-refractivity contribution in [3.63, 3.8) is 0 Å². The zero-order valence-corrected chi connectivity index (χ0v) is 11.2. The molecule has 3 heterocycles. The van der Waals surface area contributed by atoms with E-state index in [4.69, 9.17) is 19.7 Å². The average molecular weight is 284 g/mol. The summed E-state index contributed by atoms with van der Waals surface area (Å²) in [5.74, 6) is 2.32. The number of nitrogens with two attached hydrogens (primary N) is 1. The van der Waals surface area contributed by atoms with Crippen molar-refractivity contribution in [2.75, 3.05) is 12.5 Å². The maximum Gasteiger partial charge on any atom is 0.231 e. The van der Waals surface area contributed by atoms with Crippen LogP contribution in [0.4, 0.5) is 5.88 Å². The topological polar surface area (TPSA) is 88.3 Å². The molecule has 3 aromatic rings. The Morgan fingerprint density at radius 1 is 1.24 bits per heavy atom. The van der Waals surface area contributed by atoms with E-state index in [0.29, 0.717) is 28.6 Å². The molecule has 0 aliphatic carbocycles. The molecule has 7 nitrogen and oxygen atoms in total. The van der Waals surface area contributed by atoms with Gasteiger partial charge in [0.1, 0.15) is 0 Å². The van der Waals surface area contributed by atoms with E-state index in [2.05, 4.69) is 10.1 Å². The van der Waals surface area contributed by atoms with E-state index in [-0.39, 0.29) is 12.7 Å². The summed E-state index contributed by atoms with van der Waals surface area (Å²) < 4.78 is 17.7. The van der Waals surface area contributed by atoms with Crippen LogP contribution >= 0.6 is 0 Å². The van der Waals surface area contributed by atoms with E-state index < -0.39 is 0 Å². The monoisotopic (exact) mass is 284 g/mol. The lowest BCUT2D eigenvalue weighted by Gasteiger charge is -2.04. The van der Waals surface area contributed by atoms with E-state index in [0.717, 1.165) is 5.56 Å². The standard InChI is InChI=1S/C14H12N4O3/c1-18-5-4-16-14(18)12-11(13(15)21-17-12)8-2-3-9-10(6-8)20-7-19-9/h2-6H,7,15H2,1H3. The molecule has 0 amide bonds. The van der Waals surface area contributed by atoms with Crippen molar-refractivity contribution in [2.45, 2.75) is 0 Å². The molecule has 2 aromatic heterocycles. The van der Waals surface area contributed by atoms with Crippen LogP contribution in [0, 0.1) is 0 Å². The molecule has 1 aliphatic rings. The van der Waals surface area contributed by atoms with Crippen LogP contribution in [-0.4, -0.2) is 21.5 Å². The first-order valence-corrected chi connectivity index (χ1v) is 6.37. The molecule has 4 rings (SSSR count). The minimum absolute atomic E-state index is 0.226. The molecule has 1 aliphatic heterocycles. The second-order valence-corrected chi connectivity index (χ2v) is 4.70. The highest BCUT2D eigenvalue weighted by atomic mass is 16.7. The lowest BCUT2D eigenvalue weighted by Crippen LogP contribution is -1.94. The molecular weight excluding hydrogens is 272 g/mol. The van der Waals surface area contributed by atoms with Gasteiger partial charge in [-0.15, -0.1) is 0 Å². The number of hydrogen-bond acceptors (Lipinski definition) is 6. The third-order valence-electron chi connectivity index (χ3n) is 3.41. The highest BCUT2D eigenvalue weighted by Crippen LogP contribution is 2.40. The van der Waals surface area contributed by atoms with Crippen molar-refractivity contribution in [3.05, 3.63) is 30.6 Å². The zero-order chi connectivity index (χ0) is 14.4. The van der Waals surface area contributed by atoms with E-state index in [1.165, 1.54) is 0 Å². The summed E-state index contributed by atoms with van der Waals surface area (Å²) in [4.78, 5) is 4.29. The molecule has 21 heavy (non-hydrogen) atoms. The lowest BCUT2D eigenvalue weighted by atomic mass is 10.0. The van der Waals surface area contributed by atoms with Crippen LogP contribution in [-0.2, 0) is 7.05 Å². The van der Waals surface area contributed by atoms with Gasteiger partial charge in [0, 0.05) is 19.4 Å². The second kappa shape index (κ2) is 4.27. The second-order valence-electron chi connectivity index (χ2n) is 4.70. The van der Waals surface area contributed by atoms with Gasteiger partial charge >= 0.3 is 0 Å². The fourth-order valence-electron chi connectivity index (χ4n) is 2.38. The number of aryl methyl sites for hydroxylation is 1. The smallest absolute Gasteiger partial charge is 0.231 e. The van der Waals surface area contributed by atoms with Gasteiger partial charge in [-0.2, -0.15) is 0 Å². The molecule has 106 valence electrons. The number of nitrogens with zero attached hydrogens (tertiary/aromatic N) is 3. The van der Waals surface area contributed by atoms with Crippen LogP contribution in [0.2, 0.25) is 0 Å². The molecule has 1 aromatic carbocycles. The SMILES string of the molecule is Cn1ccnc1-c1noc(N)c1-c1ccc2c(c1)OCO2. The van der Waals surface area contributed by atoms with Crippen LogP contribution in [0.3, 0.4) is 0 Å². The molecule has 0 spiro atoms. The summed E-state index contributed by atoms with van der Waals surface area (Å²) in [6, 6.07) is 5.59. The van der Waals surface area contributed by atoms with E-state index in [1.807, 2.05) is 36.0 Å². The first-order valence-electron chi connectivity index (χ1n) is 6.37. The molecule has 0 atom stereocenters. The molecule has 0 radical (unpaired) electrons. The Morgan fingerprint density at radius 2 is 2.10 bits per heavy atom. The van der Waals surface area contributed by atoms with Crippen LogP contribution in [0.1, 0.15) is 0 Å². The van der Waals surface area contributed by atoms with E-state index in [1.54, 1.807) is 6.20 Å². The molecule has 0 unspecified atom stereocenters. The summed E-state index contributed by atoms with van der Waals surface area (Å²) in [7, 11) is 1.89. The Bertz CT molecular complexity index is 821. The maximum absolute atomic E-state index is 5.94. The highest BCUT2D eigenvalue weighted by molar-refractivity contribution is 5.85. The number of aromatic nitrogens is 3. The predicted octanol–water partition coefficient (Wildman–Crippen LogP) is 2.05. The number of anilines is 1. The van der Waals surface area contributed by atoms with Crippen molar-refractivity contribution >= 4 is 5.88 Å². The van der Waals surface area contributed by atoms with Crippen LogP contribution in [0.5, 0.6) is 11.5 Å². The summed E-state index contributed by atoms with van der Waals surface area (Å²) in [5, 5.41) is 4.03. The molecule has 7 heteroatoms. The molecule has 0 fully saturated rings. The van der Waals surface area contributed by atoms with Crippen LogP contribution in [0.25, 0.3) is 22.6 Å². The normalized spacial score (nSPS) is 12.8. The Morgan fingerprint density at radius 3 is 2.90 bits per heavy atom. The molecular formula is C14H12N4O3. The molecule has 2 N–H and O–H groups in total. The fourth-order valence-corrected chi connectivity index (χ4v) is 2.38. The van der Waals surface area contributed by atoms with Gasteiger partial charge in [0.25, 0.3) is 0 Å². The van der Waals surface area contributed by atoms with Gasteiger partial charge in [0.05, 0.1) is 5.56 Å². The van der Waals surface area contributed by atoms with Crippen molar-refractivity contribution in [2.24, 2.45) is 7.05 Å².